The Morgan fingerprint density at radius 2 is 2.07 bits per heavy atom. The summed E-state index contributed by atoms with van der Waals surface area (Å²) in [6.07, 6.45) is 3.88. The highest BCUT2D eigenvalue weighted by Gasteiger charge is 2.23. The van der Waals surface area contributed by atoms with E-state index in [2.05, 4.69) is 41.2 Å². The number of likely N-dealkylation sites (N-methyl/N-ethyl adjacent to an activating group) is 1. The van der Waals surface area contributed by atoms with E-state index in [1.165, 1.54) is 30.5 Å². The summed E-state index contributed by atoms with van der Waals surface area (Å²) < 4.78 is 5.18. The summed E-state index contributed by atoms with van der Waals surface area (Å²) in [6.45, 7) is 10.1. The lowest BCUT2D eigenvalue weighted by Crippen LogP contribution is -2.42. The number of aromatic nitrogens is 1. The second kappa shape index (κ2) is 9.37. The number of aryl methyl sites for hydroxylation is 3. The number of amides is 1. The molecule has 3 rings (SSSR count). The molecule has 28 heavy (non-hydrogen) atoms. The Labute approximate surface area is 168 Å². The van der Waals surface area contributed by atoms with E-state index in [-0.39, 0.29) is 5.91 Å². The number of piperidine rings is 1. The number of hydrogen-bond acceptors (Lipinski definition) is 4. The first-order chi connectivity index (χ1) is 13.4. The minimum absolute atomic E-state index is 0.145. The number of rotatable bonds is 7. The van der Waals surface area contributed by atoms with Crippen molar-refractivity contribution in [2.24, 2.45) is 5.92 Å². The van der Waals surface area contributed by atoms with E-state index in [0.29, 0.717) is 12.3 Å². The third-order valence-electron chi connectivity index (χ3n) is 6.03. The highest BCUT2D eigenvalue weighted by Crippen LogP contribution is 2.20. The van der Waals surface area contributed by atoms with Crippen molar-refractivity contribution in [2.45, 2.75) is 46.5 Å². The maximum Gasteiger partial charge on any atom is 0.226 e. The molecule has 0 aliphatic carbocycles. The van der Waals surface area contributed by atoms with Crippen molar-refractivity contribution in [3.05, 3.63) is 52.4 Å². The topological polar surface area (TPSA) is 49.6 Å². The van der Waals surface area contributed by atoms with Crippen molar-refractivity contribution in [2.75, 3.05) is 33.2 Å². The molecule has 1 aromatic heterocycles. The molecule has 1 aromatic carbocycles. The summed E-state index contributed by atoms with van der Waals surface area (Å²) in [5.41, 5.74) is 4.57. The smallest absolute Gasteiger partial charge is 0.226 e. The van der Waals surface area contributed by atoms with E-state index < -0.39 is 0 Å². The largest absolute Gasteiger partial charge is 0.361 e. The highest BCUT2D eigenvalue weighted by molar-refractivity contribution is 5.79. The van der Waals surface area contributed by atoms with Crippen LogP contribution in [0.3, 0.4) is 0 Å². The lowest BCUT2D eigenvalue weighted by Gasteiger charge is -2.35. The van der Waals surface area contributed by atoms with Gasteiger partial charge in [0.2, 0.25) is 5.91 Å². The summed E-state index contributed by atoms with van der Waals surface area (Å²) in [6, 6.07) is 8.65. The van der Waals surface area contributed by atoms with Crippen molar-refractivity contribution in [3.8, 4) is 0 Å². The molecule has 0 N–H and O–H groups in total. The summed E-state index contributed by atoms with van der Waals surface area (Å²) in [4.78, 5) is 17.1. The number of likely N-dealkylation sites (tertiary alicyclic amines) is 1. The Bertz CT molecular complexity index is 779. The Morgan fingerprint density at radius 1 is 1.29 bits per heavy atom. The summed E-state index contributed by atoms with van der Waals surface area (Å²) in [5.74, 6) is 1.44. The maximum atomic E-state index is 12.7. The van der Waals surface area contributed by atoms with Crippen molar-refractivity contribution < 1.29 is 9.32 Å². The molecule has 1 unspecified atom stereocenters. The lowest BCUT2D eigenvalue weighted by molar-refractivity contribution is -0.130. The molecule has 1 atom stereocenters. The molecule has 1 saturated heterocycles. The van der Waals surface area contributed by atoms with E-state index in [4.69, 9.17) is 4.52 Å². The normalized spacial score (nSPS) is 17.6. The van der Waals surface area contributed by atoms with Gasteiger partial charge in [-0.25, -0.2) is 0 Å². The summed E-state index contributed by atoms with van der Waals surface area (Å²) in [5, 5.41) is 3.95. The van der Waals surface area contributed by atoms with E-state index >= 15 is 0 Å². The average molecular weight is 384 g/mol. The SMILES string of the molecule is Cc1ccccc1CCN1CCCC(CN(C)C(=O)Cc2c(C)noc2C)C1. The van der Waals surface area contributed by atoms with Gasteiger partial charge in [0.05, 0.1) is 12.1 Å². The molecule has 5 nitrogen and oxygen atoms in total. The van der Waals surface area contributed by atoms with Gasteiger partial charge in [0.15, 0.2) is 0 Å². The number of nitrogens with zero attached hydrogens (tertiary/aromatic N) is 3. The van der Waals surface area contributed by atoms with Crippen LogP contribution < -0.4 is 0 Å². The van der Waals surface area contributed by atoms with Crippen LogP contribution in [0.4, 0.5) is 0 Å². The molecule has 1 fully saturated rings. The predicted octanol–water partition coefficient (Wildman–Crippen LogP) is 3.56. The second-order valence-corrected chi connectivity index (χ2v) is 8.24. The van der Waals surface area contributed by atoms with Crippen LogP contribution in [0, 0.1) is 26.7 Å². The van der Waals surface area contributed by atoms with Crippen LogP contribution in [0.2, 0.25) is 0 Å². The summed E-state index contributed by atoms with van der Waals surface area (Å²) in [7, 11) is 1.92. The van der Waals surface area contributed by atoms with Crippen LogP contribution in [0.5, 0.6) is 0 Å². The molecule has 5 heteroatoms. The zero-order chi connectivity index (χ0) is 20.1. The van der Waals surface area contributed by atoms with Gasteiger partial charge in [-0.15, -0.1) is 0 Å². The molecule has 1 aliphatic heterocycles. The fraction of sp³-hybridized carbons (Fsp3) is 0.565. The molecule has 0 radical (unpaired) electrons. The Morgan fingerprint density at radius 3 is 2.79 bits per heavy atom. The molecule has 2 heterocycles. The van der Waals surface area contributed by atoms with Gasteiger partial charge in [-0.1, -0.05) is 29.4 Å². The van der Waals surface area contributed by atoms with Gasteiger partial charge in [0, 0.05) is 32.2 Å². The van der Waals surface area contributed by atoms with Crippen LogP contribution in [0.1, 0.15) is 41.0 Å². The first-order valence-corrected chi connectivity index (χ1v) is 10.4. The zero-order valence-corrected chi connectivity index (χ0v) is 17.7. The van der Waals surface area contributed by atoms with Gasteiger partial charge < -0.3 is 14.3 Å². The monoisotopic (exact) mass is 383 g/mol. The molecule has 0 bridgehead atoms. The molecule has 0 saturated carbocycles. The number of carbonyl (C=O) groups excluding carboxylic acids is 1. The Hall–Kier alpha value is -2.14. The van der Waals surface area contributed by atoms with E-state index in [0.717, 1.165) is 43.1 Å². The summed E-state index contributed by atoms with van der Waals surface area (Å²) >= 11 is 0. The maximum absolute atomic E-state index is 12.7. The van der Waals surface area contributed by atoms with E-state index in [9.17, 15) is 4.79 Å². The van der Waals surface area contributed by atoms with Crippen molar-refractivity contribution >= 4 is 5.91 Å². The number of hydrogen-bond donors (Lipinski definition) is 0. The van der Waals surface area contributed by atoms with Gasteiger partial charge in [0.1, 0.15) is 5.76 Å². The van der Waals surface area contributed by atoms with Gasteiger partial charge in [-0.05, 0) is 63.6 Å². The van der Waals surface area contributed by atoms with Crippen LogP contribution >= 0.6 is 0 Å². The third-order valence-corrected chi connectivity index (χ3v) is 6.03. The first kappa shape index (κ1) is 20.6. The molecule has 1 aliphatic rings. The van der Waals surface area contributed by atoms with Gasteiger partial charge in [-0.3, -0.25) is 4.79 Å². The fourth-order valence-corrected chi connectivity index (χ4v) is 4.20. The standard InChI is InChI=1S/C23H33N3O2/c1-17-8-5-6-10-21(17)11-13-26-12-7-9-20(16-26)15-25(4)23(27)14-22-18(2)24-28-19(22)3/h5-6,8,10,20H,7,9,11-16H2,1-4H3. The minimum Gasteiger partial charge on any atom is -0.361 e. The van der Waals surface area contributed by atoms with Crippen LogP contribution in [0.25, 0.3) is 0 Å². The van der Waals surface area contributed by atoms with Gasteiger partial charge in [0.25, 0.3) is 0 Å². The first-order valence-electron chi connectivity index (χ1n) is 10.4. The van der Waals surface area contributed by atoms with Gasteiger partial charge in [-0.2, -0.15) is 0 Å². The zero-order valence-electron chi connectivity index (χ0n) is 17.7. The van der Waals surface area contributed by atoms with Crippen LogP contribution in [0.15, 0.2) is 28.8 Å². The molecular weight excluding hydrogens is 350 g/mol. The number of carbonyl (C=O) groups is 1. The minimum atomic E-state index is 0.145. The molecule has 1 amide bonds. The van der Waals surface area contributed by atoms with Crippen molar-refractivity contribution in [1.82, 2.24) is 15.0 Å². The van der Waals surface area contributed by atoms with Crippen LogP contribution in [-0.2, 0) is 17.6 Å². The molecule has 152 valence electrons. The fourth-order valence-electron chi connectivity index (χ4n) is 4.20. The molecule has 2 aromatic rings. The highest BCUT2D eigenvalue weighted by atomic mass is 16.5. The lowest BCUT2D eigenvalue weighted by atomic mass is 9.96. The van der Waals surface area contributed by atoms with E-state index in [1.54, 1.807) is 0 Å². The number of benzene rings is 1. The third kappa shape index (κ3) is 5.22. The molecule has 0 spiro atoms. The Kier molecular flexibility index (Phi) is 6.89. The van der Waals surface area contributed by atoms with Crippen LogP contribution in [-0.4, -0.2) is 54.1 Å². The Balaban J connectivity index is 1.48. The quantitative estimate of drug-likeness (QED) is 0.734. The van der Waals surface area contributed by atoms with Gasteiger partial charge >= 0.3 is 0 Å². The van der Waals surface area contributed by atoms with E-state index in [1.807, 2.05) is 25.8 Å². The van der Waals surface area contributed by atoms with Crippen molar-refractivity contribution in [1.29, 1.82) is 0 Å². The molecular formula is C23H33N3O2. The average Bonchev–Trinajstić information content (AvgIpc) is 2.99. The predicted molar refractivity (Wildman–Crippen MR) is 111 cm³/mol. The second-order valence-electron chi connectivity index (χ2n) is 8.24. The van der Waals surface area contributed by atoms with Crippen molar-refractivity contribution in [3.63, 3.8) is 0 Å².